The Bertz CT molecular complexity index is 664. The summed E-state index contributed by atoms with van der Waals surface area (Å²) in [5, 5.41) is 20.9. The number of aliphatic hydroxyl groups is 1. The minimum Gasteiger partial charge on any atom is -0.374 e. The average molecular weight is 267 g/mol. The van der Waals surface area contributed by atoms with Gasteiger partial charge in [-0.1, -0.05) is 30.0 Å². The number of nitro benzene ring substituents is 1. The van der Waals surface area contributed by atoms with Gasteiger partial charge in [0.15, 0.2) is 0 Å². The van der Waals surface area contributed by atoms with E-state index in [2.05, 4.69) is 11.8 Å². The van der Waals surface area contributed by atoms with Gasteiger partial charge in [0.05, 0.1) is 4.92 Å². The predicted octanol–water partition coefficient (Wildman–Crippen LogP) is 2.85. The topological polar surface area (TPSA) is 63.4 Å². The quantitative estimate of drug-likeness (QED) is 0.517. The lowest BCUT2D eigenvalue weighted by Crippen LogP contribution is -2.18. The van der Waals surface area contributed by atoms with Crippen LogP contribution in [-0.2, 0) is 5.60 Å². The fourth-order valence-corrected chi connectivity index (χ4v) is 1.70. The van der Waals surface area contributed by atoms with E-state index in [1.54, 1.807) is 6.92 Å². The smallest absolute Gasteiger partial charge is 0.269 e. The molecule has 2 rings (SSSR count). The summed E-state index contributed by atoms with van der Waals surface area (Å²) in [4.78, 5) is 10.1. The van der Waals surface area contributed by atoms with E-state index in [4.69, 9.17) is 0 Å². The molecule has 0 aliphatic heterocycles. The molecule has 0 saturated heterocycles. The second-order valence-corrected chi connectivity index (χ2v) is 4.49. The van der Waals surface area contributed by atoms with Crippen molar-refractivity contribution in [3.05, 3.63) is 75.8 Å². The molecule has 0 bridgehead atoms. The van der Waals surface area contributed by atoms with Crippen LogP contribution in [0.25, 0.3) is 0 Å². The molecule has 1 N–H and O–H groups in total. The van der Waals surface area contributed by atoms with Crippen molar-refractivity contribution in [1.82, 2.24) is 0 Å². The van der Waals surface area contributed by atoms with Crippen molar-refractivity contribution in [2.45, 2.75) is 12.5 Å². The van der Waals surface area contributed by atoms with E-state index >= 15 is 0 Å². The van der Waals surface area contributed by atoms with Crippen LogP contribution in [-0.4, -0.2) is 10.0 Å². The van der Waals surface area contributed by atoms with Gasteiger partial charge in [0.1, 0.15) is 5.60 Å². The minimum atomic E-state index is -1.36. The highest BCUT2D eigenvalue weighted by Crippen LogP contribution is 2.22. The highest BCUT2D eigenvalue weighted by molar-refractivity contribution is 5.42. The normalized spacial score (nSPS) is 12.9. The number of nitro groups is 1. The molecule has 1 unspecified atom stereocenters. The van der Waals surface area contributed by atoms with E-state index < -0.39 is 10.5 Å². The molecule has 0 aliphatic rings. The summed E-state index contributed by atoms with van der Waals surface area (Å²) in [5.74, 6) is 5.66. The van der Waals surface area contributed by atoms with Crippen LogP contribution in [0.4, 0.5) is 5.69 Å². The van der Waals surface area contributed by atoms with Gasteiger partial charge in [-0.15, -0.1) is 0 Å². The Balaban J connectivity index is 2.26. The summed E-state index contributed by atoms with van der Waals surface area (Å²) in [6.45, 7) is 1.56. The van der Waals surface area contributed by atoms with E-state index in [1.807, 2.05) is 30.3 Å². The summed E-state index contributed by atoms with van der Waals surface area (Å²) >= 11 is 0. The first-order valence-electron chi connectivity index (χ1n) is 6.04. The van der Waals surface area contributed by atoms with Gasteiger partial charge >= 0.3 is 0 Å². The molecule has 4 nitrogen and oxygen atoms in total. The fourth-order valence-electron chi connectivity index (χ4n) is 1.70. The molecule has 20 heavy (non-hydrogen) atoms. The van der Waals surface area contributed by atoms with Gasteiger partial charge in [-0.3, -0.25) is 10.1 Å². The molecule has 1 atom stereocenters. The highest BCUT2D eigenvalue weighted by Gasteiger charge is 2.20. The maximum absolute atomic E-state index is 10.6. The molecule has 0 aliphatic carbocycles. The van der Waals surface area contributed by atoms with Crippen LogP contribution >= 0.6 is 0 Å². The highest BCUT2D eigenvalue weighted by atomic mass is 16.6. The van der Waals surface area contributed by atoms with E-state index in [1.165, 1.54) is 24.3 Å². The molecule has 0 heterocycles. The van der Waals surface area contributed by atoms with Crippen LogP contribution in [0.2, 0.25) is 0 Å². The largest absolute Gasteiger partial charge is 0.374 e. The Kier molecular flexibility index (Phi) is 3.83. The third-order valence-corrected chi connectivity index (χ3v) is 2.86. The van der Waals surface area contributed by atoms with Crippen molar-refractivity contribution in [3.63, 3.8) is 0 Å². The molecular weight excluding hydrogens is 254 g/mol. The molecule has 0 saturated carbocycles. The Morgan fingerprint density at radius 2 is 1.70 bits per heavy atom. The van der Waals surface area contributed by atoms with Gasteiger partial charge in [0.25, 0.3) is 5.69 Å². The Hall–Kier alpha value is -2.64. The van der Waals surface area contributed by atoms with Gasteiger partial charge < -0.3 is 5.11 Å². The Labute approximate surface area is 116 Å². The van der Waals surface area contributed by atoms with E-state index in [0.29, 0.717) is 5.56 Å². The molecule has 0 fully saturated rings. The van der Waals surface area contributed by atoms with E-state index in [9.17, 15) is 15.2 Å². The zero-order chi connectivity index (χ0) is 14.6. The number of hydrogen-bond acceptors (Lipinski definition) is 3. The lowest BCUT2D eigenvalue weighted by molar-refractivity contribution is -0.384. The summed E-state index contributed by atoms with van der Waals surface area (Å²) in [6.07, 6.45) is 0. The predicted molar refractivity (Wildman–Crippen MR) is 76.0 cm³/mol. The molecule has 0 radical (unpaired) electrons. The van der Waals surface area contributed by atoms with Crippen LogP contribution in [0.5, 0.6) is 0 Å². The number of hydrogen-bond donors (Lipinski definition) is 1. The second kappa shape index (κ2) is 5.55. The van der Waals surface area contributed by atoms with E-state index in [0.717, 1.165) is 5.56 Å². The van der Waals surface area contributed by atoms with Crippen molar-refractivity contribution in [3.8, 4) is 11.8 Å². The third kappa shape index (κ3) is 3.22. The van der Waals surface area contributed by atoms with Crippen molar-refractivity contribution >= 4 is 5.69 Å². The molecule has 0 amide bonds. The first-order valence-corrected chi connectivity index (χ1v) is 6.04. The number of non-ortho nitro benzene ring substituents is 1. The first-order chi connectivity index (χ1) is 9.49. The maximum atomic E-state index is 10.6. The zero-order valence-electron chi connectivity index (χ0n) is 10.9. The third-order valence-electron chi connectivity index (χ3n) is 2.86. The molecule has 4 heteroatoms. The molecule has 0 aromatic heterocycles. The van der Waals surface area contributed by atoms with Crippen LogP contribution in [0, 0.1) is 22.0 Å². The average Bonchev–Trinajstić information content (AvgIpc) is 2.46. The zero-order valence-corrected chi connectivity index (χ0v) is 10.9. The van der Waals surface area contributed by atoms with Crippen molar-refractivity contribution in [1.29, 1.82) is 0 Å². The molecule has 2 aromatic rings. The molecule has 100 valence electrons. The summed E-state index contributed by atoms with van der Waals surface area (Å²) < 4.78 is 0. The first kappa shape index (κ1) is 13.8. The second-order valence-electron chi connectivity index (χ2n) is 4.49. The summed E-state index contributed by atoms with van der Waals surface area (Å²) in [7, 11) is 0. The van der Waals surface area contributed by atoms with Crippen molar-refractivity contribution in [2.24, 2.45) is 0 Å². The monoisotopic (exact) mass is 267 g/mol. The van der Waals surface area contributed by atoms with Gasteiger partial charge in [-0.05, 0) is 36.8 Å². The Morgan fingerprint density at radius 3 is 2.25 bits per heavy atom. The van der Waals surface area contributed by atoms with Crippen LogP contribution in [0.3, 0.4) is 0 Å². The van der Waals surface area contributed by atoms with E-state index in [-0.39, 0.29) is 5.69 Å². The summed E-state index contributed by atoms with van der Waals surface area (Å²) in [5.41, 5.74) is -0.0490. The van der Waals surface area contributed by atoms with Gasteiger partial charge in [-0.25, -0.2) is 0 Å². The number of rotatable bonds is 2. The molecule has 0 spiro atoms. The van der Waals surface area contributed by atoms with Gasteiger partial charge in [0, 0.05) is 17.7 Å². The molecular formula is C16H13NO3. The number of benzene rings is 2. The van der Waals surface area contributed by atoms with Crippen LogP contribution in [0.1, 0.15) is 18.1 Å². The van der Waals surface area contributed by atoms with Gasteiger partial charge in [0.2, 0.25) is 0 Å². The Morgan fingerprint density at radius 1 is 1.10 bits per heavy atom. The standard InChI is InChI=1S/C16H13NO3/c1-16(18,12-11-13-5-3-2-4-6-13)14-7-9-15(10-8-14)17(19)20/h2-10,18H,1H3. The van der Waals surface area contributed by atoms with Crippen LogP contribution in [0.15, 0.2) is 54.6 Å². The SMILES string of the molecule is CC(O)(C#Cc1ccccc1)c1ccc([N+](=O)[O-])cc1. The minimum absolute atomic E-state index is 0.0134. The summed E-state index contributed by atoms with van der Waals surface area (Å²) in [6, 6.07) is 15.0. The van der Waals surface area contributed by atoms with Crippen molar-refractivity contribution in [2.75, 3.05) is 0 Å². The lowest BCUT2D eigenvalue weighted by atomic mass is 9.96. The maximum Gasteiger partial charge on any atom is 0.269 e. The fraction of sp³-hybridized carbons (Fsp3) is 0.125. The van der Waals surface area contributed by atoms with Crippen LogP contribution < -0.4 is 0 Å². The number of nitrogens with zero attached hydrogens (tertiary/aromatic N) is 1. The molecule has 2 aromatic carbocycles. The van der Waals surface area contributed by atoms with Crippen molar-refractivity contribution < 1.29 is 10.0 Å². The lowest BCUT2D eigenvalue weighted by Gasteiger charge is -2.16. The van der Waals surface area contributed by atoms with Gasteiger partial charge in [-0.2, -0.15) is 0 Å².